The highest BCUT2D eigenvalue weighted by Crippen LogP contribution is 2.15. The summed E-state index contributed by atoms with van der Waals surface area (Å²) < 4.78 is 0.865. The van der Waals surface area contributed by atoms with Gasteiger partial charge in [0.1, 0.15) is 5.82 Å². The third kappa shape index (κ3) is 2.48. The first-order valence-electron chi connectivity index (χ1n) is 5.58. The van der Waals surface area contributed by atoms with E-state index in [-0.39, 0.29) is 5.91 Å². The fraction of sp³-hybridized carbons (Fsp3) is 0. The molecule has 19 heavy (non-hydrogen) atoms. The van der Waals surface area contributed by atoms with Crippen molar-refractivity contribution in [2.75, 3.05) is 5.32 Å². The molecule has 0 aliphatic heterocycles. The highest BCUT2D eigenvalue weighted by molar-refractivity contribution is 9.10. The van der Waals surface area contributed by atoms with Crippen molar-refractivity contribution in [1.82, 2.24) is 15.2 Å². The number of halogens is 1. The van der Waals surface area contributed by atoms with E-state index in [1.807, 2.05) is 12.1 Å². The van der Waals surface area contributed by atoms with Crippen LogP contribution in [0.15, 0.2) is 47.2 Å². The van der Waals surface area contributed by atoms with Crippen molar-refractivity contribution < 1.29 is 4.79 Å². The van der Waals surface area contributed by atoms with Gasteiger partial charge in [-0.1, -0.05) is 6.07 Å². The standard InChI is InChI=1S/C13H9BrN4O/c14-10-3-4-12(15-7-10)17-13(19)8-1-2-9-6-16-18-11(9)5-8/h1-7H,(H,16,18)(H,15,17,19). The van der Waals surface area contributed by atoms with Crippen LogP contribution in [0.5, 0.6) is 0 Å². The van der Waals surface area contributed by atoms with Crippen molar-refractivity contribution in [2.24, 2.45) is 0 Å². The molecule has 2 heterocycles. The number of carbonyl (C=O) groups is 1. The zero-order valence-corrected chi connectivity index (χ0v) is 11.3. The Balaban J connectivity index is 1.84. The zero-order valence-electron chi connectivity index (χ0n) is 9.72. The summed E-state index contributed by atoms with van der Waals surface area (Å²) in [7, 11) is 0. The normalized spacial score (nSPS) is 10.6. The molecule has 0 aliphatic carbocycles. The fourth-order valence-electron chi connectivity index (χ4n) is 1.72. The Morgan fingerprint density at radius 2 is 2.11 bits per heavy atom. The first-order valence-corrected chi connectivity index (χ1v) is 6.38. The molecule has 0 unspecified atom stereocenters. The summed E-state index contributed by atoms with van der Waals surface area (Å²) in [6.45, 7) is 0. The van der Waals surface area contributed by atoms with Crippen LogP contribution in [0.2, 0.25) is 0 Å². The number of pyridine rings is 1. The second-order valence-electron chi connectivity index (χ2n) is 3.99. The van der Waals surface area contributed by atoms with Crippen LogP contribution in [0.3, 0.4) is 0 Å². The number of anilines is 1. The number of H-pyrrole nitrogens is 1. The number of hydrogen-bond acceptors (Lipinski definition) is 3. The van der Waals surface area contributed by atoms with E-state index in [0.717, 1.165) is 15.4 Å². The lowest BCUT2D eigenvalue weighted by Crippen LogP contribution is -2.12. The van der Waals surface area contributed by atoms with Crippen LogP contribution in [-0.4, -0.2) is 21.1 Å². The molecule has 0 fully saturated rings. The van der Waals surface area contributed by atoms with Gasteiger partial charge in [0, 0.05) is 21.6 Å². The number of aromatic nitrogens is 3. The number of aromatic amines is 1. The number of benzene rings is 1. The van der Waals surface area contributed by atoms with E-state index in [2.05, 4.69) is 36.4 Å². The van der Waals surface area contributed by atoms with Gasteiger partial charge in [-0.15, -0.1) is 0 Å². The summed E-state index contributed by atoms with van der Waals surface area (Å²) in [6, 6.07) is 8.92. The lowest BCUT2D eigenvalue weighted by Gasteiger charge is -2.04. The molecule has 0 atom stereocenters. The van der Waals surface area contributed by atoms with Crippen molar-refractivity contribution in [1.29, 1.82) is 0 Å². The lowest BCUT2D eigenvalue weighted by atomic mass is 10.1. The van der Waals surface area contributed by atoms with Crippen molar-refractivity contribution in [3.8, 4) is 0 Å². The van der Waals surface area contributed by atoms with Crippen LogP contribution in [0, 0.1) is 0 Å². The number of hydrogen-bond donors (Lipinski definition) is 2. The number of rotatable bonds is 2. The molecule has 0 radical (unpaired) electrons. The molecule has 3 rings (SSSR count). The molecule has 5 nitrogen and oxygen atoms in total. The molecule has 2 N–H and O–H groups in total. The molecule has 6 heteroatoms. The maximum atomic E-state index is 12.1. The van der Waals surface area contributed by atoms with Crippen LogP contribution in [-0.2, 0) is 0 Å². The SMILES string of the molecule is O=C(Nc1ccc(Br)cn1)c1ccc2cn[nH]c2c1. The Morgan fingerprint density at radius 3 is 2.89 bits per heavy atom. The molecule has 3 aromatic rings. The van der Waals surface area contributed by atoms with E-state index in [0.29, 0.717) is 11.4 Å². The first-order chi connectivity index (χ1) is 9.22. The Kier molecular flexibility index (Phi) is 3.00. The highest BCUT2D eigenvalue weighted by Gasteiger charge is 2.08. The summed E-state index contributed by atoms with van der Waals surface area (Å²) in [6.07, 6.45) is 3.35. The monoisotopic (exact) mass is 316 g/mol. The van der Waals surface area contributed by atoms with Gasteiger partial charge in [0.15, 0.2) is 0 Å². The van der Waals surface area contributed by atoms with Gasteiger partial charge in [0.05, 0.1) is 11.7 Å². The van der Waals surface area contributed by atoms with Gasteiger partial charge in [-0.3, -0.25) is 9.89 Å². The molecule has 0 bridgehead atoms. The quantitative estimate of drug-likeness (QED) is 0.763. The highest BCUT2D eigenvalue weighted by atomic mass is 79.9. The molecular weight excluding hydrogens is 308 g/mol. The van der Waals surface area contributed by atoms with Gasteiger partial charge in [0.25, 0.3) is 5.91 Å². The van der Waals surface area contributed by atoms with E-state index in [1.54, 1.807) is 30.6 Å². The molecule has 0 saturated carbocycles. The largest absolute Gasteiger partial charge is 0.307 e. The summed E-state index contributed by atoms with van der Waals surface area (Å²) in [5.41, 5.74) is 1.39. The maximum absolute atomic E-state index is 12.1. The number of nitrogens with one attached hydrogen (secondary N) is 2. The lowest BCUT2D eigenvalue weighted by molar-refractivity contribution is 0.102. The van der Waals surface area contributed by atoms with Crippen LogP contribution in [0.1, 0.15) is 10.4 Å². The van der Waals surface area contributed by atoms with E-state index < -0.39 is 0 Å². The number of amides is 1. The summed E-state index contributed by atoms with van der Waals surface area (Å²) in [5.74, 6) is 0.309. The molecule has 0 saturated heterocycles. The number of nitrogens with zero attached hydrogens (tertiary/aromatic N) is 2. The topological polar surface area (TPSA) is 70.7 Å². The van der Waals surface area contributed by atoms with Crippen LogP contribution >= 0.6 is 15.9 Å². The summed E-state index contributed by atoms with van der Waals surface area (Å²) in [4.78, 5) is 16.2. The summed E-state index contributed by atoms with van der Waals surface area (Å²) >= 11 is 3.29. The molecular formula is C13H9BrN4O. The van der Waals surface area contributed by atoms with Gasteiger partial charge in [-0.25, -0.2) is 4.98 Å². The van der Waals surface area contributed by atoms with E-state index in [9.17, 15) is 4.79 Å². The number of carbonyl (C=O) groups excluding carboxylic acids is 1. The van der Waals surface area contributed by atoms with Gasteiger partial charge >= 0.3 is 0 Å². The van der Waals surface area contributed by atoms with Gasteiger partial charge < -0.3 is 5.32 Å². The van der Waals surface area contributed by atoms with Crippen LogP contribution in [0.25, 0.3) is 10.9 Å². The van der Waals surface area contributed by atoms with E-state index >= 15 is 0 Å². The van der Waals surface area contributed by atoms with Gasteiger partial charge in [-0.05, 0) is 40.2 Å². The smallest absolute Gasteiger partial charge is 0.256 e. The molecule has 1 aromatic carbocycles. The second kappa shape index (κ2) is 4.81. The molecule has 0 aliphatic rings. The minimum absolute atomic E-state index is 0.202. The Hall–Kier alpha value is -2.21. The minimum Gasteiger partial charge on any atom is -0.307 e. The van der Waals surface area contributed by atoms with Crippen molar-refractivity contribution in [2.45, 2.75) is 0 Å². The minimum atomic E-state index is -0.202. The first kappa shape index (κ1) is 11.9. The Bertz CT molecular complexity index is 736. The van der Waals surface area contributed by atoms with Crippen LogP contribution < -0.4 is 5.32 Å². The maximum Gasteiger partial charge on any atom is 0.256 e. The molecule has 0 spiro atoms. The van der Waals surface area contributed by atoms with Gasteiger partial charge in [-0.2, -0.15) is 5.10 Å². The average Bonchev–Trinajstić information content (AvgIpc) is 2.88. The third-order valence-corrected chi connectivity index (χ3v) is 3.14. The summed E-state index contributed by atoms with van der Waals surface area (Å²) in [5, 5.41) is 10.5. The molecule has 94 valence electrons. The van der Waals surface area contributed by atoms with Gasteiger partial charge in [0.2, 0.25) is 0 Å². The van der Waals surface area contributed by atoms with Crippen molar-refractivity contribution >= 4 is 38.6 Å². The Labute approximate surface area is 117 Å². The average molecular weight is 317 g/mol. The fourth-order valence-corrected chi connectivity index (χ4v) is 1.95. The predicted molar refractivity (Wildman–Crippen MR) is 76.0 cm³/mol. The van der Waals surface area contributed by atoms with Crippen molar-refractivity contribution in [3.05, 3.63) is 52.8 Å². The van der Waals surface area contributed by atoms with Crippen molar-refractivity contribution in [3.63, 3.8) is 0 Å². The third-order valence-electron chi connectivity index (χ3n) is 2.67. The van der Waals surface area contributed by atoms with Crippen LogP contribution in [0.4, 0.5) is 5.82 Å². The van der Waals surface area contributed by atoms with E-state index in [4.69, 9.17) is 0 Å². The second-order valence-corrected chi connectivity index (χ2v) is 4.90. The number of fused-ring (bicyclic) bond motifs is 1. The van der Waals surface area contributed by atoms with E-state index in [1.165, 1.54) is 0 Å². The molecule has 2 aromatic heterocycles. The molecule has 1 amide bonds. The zero-order chi connectivity index (χ0) is 13.2. The predicted octanol–water partition coefficient (Wildman–Crippen LogP) is 2.97. The Morgan fingerprint density at radius 1 is 1.21 bits per heavy atom.